The molecule has 6 heterocycles. The van der Waals surface area contributed by atoms with Crippen LogP contribution in [0.1, 0.15) is 0 Å². The molecule has 0 unspecified atom stereocenters. The number of hydrogen-bond donors (Lipinski definition) is 15. The highest BCUT2D eigenvalue weighted by Crippen LogP contribution is 2.34. The quantitative estimate of drug-likeness (QED) is 0.123. The van der Waals surface area contributed by atoms with Crippen LogP contribution in [0.2, 0.25) is 0 Å². The predicted molar refractivity (Wildman–Crippen MR) is 163 cm³/mol. The Balaban J connectivity index is 1.29. The molecule has 6 aliphatic heterocycles. The van der Waals surface area contributed by atoms with E-state index in [4.69, 9.17) is 47.4 Å². The first-order chi connectivity index (χ1) is 26.1. The van der Waals surface area contributed by atoms with Crippen molar-refractivity contribution in [1.29, 1.82) is 0 Å². The topological polar surface area (TPSA) is 396 Å². The summed E-state index contributed by atoms with van der Waals surface area (Å²) in [6.07, 6.45) is -45.5. The van der Waals surface area contributed by atoms with Crippen LogP contribution < -0.4 is 0 Å². The largest absolute Gasteiger partial charge is 0.394 e. The number of fused-ring (bicyclic) bond motifs is 8. The summed E-state index contributed by atoms with van der Waals surface area (Å²) in [5.74, 6) is 0. The summed E-state index contributed by atoms with van der Waals surface area (Å²) in [6, 6.07) is 0. The number of rotatable bonds is 5. The number of aliphatic hydroxyl groups is 15. The van der Waals surface area contributed by atoms with Crippen LogP contribution in [0, 0.1) is 0 Å². The molecule has 0 spiro atoms. The van der Waals surface area contributed by atoms with E-state index in [2.05, 4.69) is 0 Å². The first-order valence-electron chi connectivity index (χ1n) is 17.6. The van der Waals surface area contributed by atoms with Crippen molar-refractivity contribution in [3.05, 3.63) is 0 Å². The van der Waals surface area contributed by atoms with Gasteiger partial charge in [0.25, 0.3) is 0 Å². The zero-order chi connectivity index (χ0) is 40.0. The van der Waals surface area contributed by atoms with Crippen LogP contribution in [0.4, 0.5) is 0 Å². The van der Waals surface area contributed by atoms with E-state index < -0.39 is 187 Å². The maximum absolute atomic E-state index is 11.4. The lowest BCUT2D eigenvalue weighted by molar-refractivity contribution is -0.385. The van der Waals surface area contributed by atoms with Gasteiger partial charge in [-0.1, -0.05) is 0 Å². The van der Waals surface area contributed by atoms with Crippen LogP contribution in [-0.4, -0.2) is 263 Å². The maximum Gasteiger partial charge on any atom is 0.187 e. The summed E-state index contributed by atoms with van der Waals surface area (Å²) in [5.41, 5.74) is 0. The number of hydrogen-bond acceptors (Lipinski definition) is 25. The molecule has 6 saturated heterocycles. The summed E-state index contributed by atoms with van der Waals surface area (Å²) in [7, 11) is 0. The second-order valence-electron chi connectivity index (χ2n) is 14.2. The molecule has 55 heavy (non-hydrogen) atoms. The van der Waals surface area contributed by atoms with Crippen LogP contribution in [0.15, 0.2) is 0 Å². The monoisotopic (exact) mass is 810 g/mol. The lowest BCUT2D eigenvalue weighted by Crippen LogP contribution is -2.67. The van der Waals surface area contributed by atoms with Crippen molar-refractivity contribution < 1.29 is 124 Å². The standard InChI is InChI=1S/C30H50O25/c31-1-6-11(33)18(40)25(26(45)49-6)46-3-10-15(37)24-22(44)28(51-10)48-5-9-13(35)16(38)19(41)29(52-9)54-23-14(36)7(2-32)50-27(21(23)43)47-4-8-12(34)17(39)20(42)30(53-8)55-24/h6-45H,1-5H2/t6-,7-,8-,9+,10-,11+,12-,13+,14-,15-,16-,17+,18+,19+,20-,21-,22-,23+,24+,25-,26-,27+,28+,29+,30-/m1/s1. The third-order valence-electron chi connectivity index (χ3n) is 10.5. The van der Waals surface area contributed by atoms with E-state index >= 15 is 0 Å². The minimum Gasteiger partial charge on any atom is -0.394 e. The first-order valence-corrected chi connectivity index (χ1v) is 17.6. The van der Waals surface area contributed by atoms with Gasteiger partial charge < -0.3 is 124 Å². The molecule has 0 saturated carbocycles. The van der Waals surface area contributed by atoms with Gasteiger partial charge in [-0.3, -0.25) is 0 Å². The third kappa shape index (κ3) is 8.68. The van der Waals surface area contributed by atoms with Gasteiger partial charge in [-0.25, -0.2) is 0 Å². The van der Waals surface area contributed by atoms with Gasteiger partial charge in [0.1, 0.15) is 122 Å². The highest BCUT2D eigenvalue weighted by atomic mass is 16.8. The van der Waals surface area contributed by atoms with E-state index in [0.717, 1.165) is 0 Å². The molecule has 0 radical (unpaired) electrons. The molecule has 0 aliphatic carbocycles. The summed E-state index contributed by atoms with van der Waals surface area (Å²) >= 11 is 0. The second kappa shape index (κ2) is 18.1. The molecule has 6 fully saturated rings. The maximum atomic E-state index is 11.4. The Hall–Kier alpha value is -1.00. The number of aliphatic hydroxyl groups excluding tert-OH is 15. The Kier molecular flexibility index (Phi) is 14.3. The molecular formula is C30H50O25. The highest BCUT2D eigenvalue weighted by Gasteiger charge is 2.55. The predicted octanol–water partition coefficient (Wildman–Crippen LogP) is -10.9. The van der Waals surface area contributed by atoms with Crippen molar-refractivity contribution in [2.24, 2.45) is 0 Å². The molecule has 0 aromatic heterocycles. The molecule has 0 aromatic rings. The lowest BCUT2D eigenvalue weighted by atomic mass is 9.96. The molecule has 6 aliphatic rings. The average Bonchev–Trinajstić information content (AvgIpc) is 3.16. The third-order valence-corrected chi connectivity index (χ3v) is 10.5. The Morgan fingerprint density at radius 1 is 0.382 bits per heavy atom. The van der Waals surface area contributed by atoms with Crippen molar-refractivity contribution >= 4 is 0 Å². The van der Waals surface area contributed by atoms with E-state index in [9.17, 15) is 76.6 Å². The Morgan fingerprint density at radius 3 is 1.29 bits per heavy atom. The van der Waals surface area contributed by atoms with E-state index in [1.54, 1.807) is 0 Å². The molecule has 25 nitrogen and oxygen atoms in total. The smallest absolute Gasteiger partial charge is 0.187 e. The van der Waals surface area contributed by atoms with Crippen molar-refractivity contribution in [1.82, 2.24) is 0 Å². The van der Waals surface area contributed by atoms with Crippen molar-refractivity contribution in [3.63, 3.8) is 0 Å². The van der Waals surface area contributed by atoms with E-state index in [-0.39, 0.29) is 0 Å². The van der Waals surface area contributed by atoms with Crippen LogP contribution in [0.5, 0.6) is 0 Å². The van der Waals surface area contributed by atoms with Crippen molar-refractivity contribution in [3.8, 4) is 0 Å². The normalized spacial score (nSPS) is 55.6. The zero-order valence-corrected chi connectivity index (χ0v) is 28.8. The van der Waals surface area contributed by atoms with Crippen LogP contribution in [0.3, 0.4) is 0 Å². The van der Waals surface area contributed by atoms with E-state index in [0.29, 0.717) is 0 Å². The molecule has 25 heteroatoms. The molecule has 0 amide bonds. The molecule has 8 bridgehead atoms. The minimum atomic E-state index is -2.04. The average molecular weight is 811 g/mol. The minimum absolute atomic E-state index is 0.749. The Labute approximate surface area is 310 Å². The van der Waals surface area contributed by atoms with Gasteiger partial charge >= 0.3 is 0 Å². The van der Waals surface area contributed by atoms with Gasteiger partial charge in [-0.15, -0.1) is 0 Å². The summed E-state index contributed by atoms with van der Waals surface area (Å²) in [5, 5.41) is 159. The fourth-order valence-electron chi connectivity index (χ4n) is 7.17. The van der Waals surface area contributed by atoms with Crippen LogP contribution in [-0.2, 0) is 47.4 Å². The molecule has 0 aromatic carbocycles. The zero-order valence-electron chi connectivity index (χ0n) is 28.8. The van der Waals surface area contributed by atoms with Crippen LogP contribution in [0.25, 0.3) is 0 Å². The van der Waals surface area contributed by atoms with Gasteiger partial charge in [0.2, 0.25) is 0 Å². The summed E-state index contributed by atoms with van der Waals surface area (Å²) in [4.78, 5) is 0. The molecule has 25 atom stereocenters. The fourth-order valence-corrected chi connectivity index (χ4v) is 7.17. The van der Waals surface area contributed by atoms with E-state index in [1.807, 2.05) is 0 Å². The van der Waals surface area contributed by atoms with Gasteiger partial charge in [-0.2, -0.15) is 0 Å². The highest BCUT2D eigenvalue weighted by molar-refractivity contribution is 4.98. The molecule has 320 valence electrons. The first kappa shape index (κ1) is 43.6. The molecule has 15 N–H and O–H groups in total. The lowest BCUT2D eigenvalue weighted by Gasteiger charge is -2.48. The molecule has 6 rings (SSSR count). The Bertz CT molecular complexity index is 1220. The second-order valence-corrected chi connectivity index (χ2v) is 14.2. The fraction of sp³-hybridized carbons (Fsp3) is 1.00. The van der Waals surface area contributed by atoms with Gasteiger partial charge in [0.05, 0.1) is 33.0 Å². The van der Waals surface area contributed by atoms with Gasteiger partial charge in [0.15, 0.2) is 31.5 Å². The van der Waals surface area contributed by atoms with E-state index in [1.165, 1.54) is 0 Å². The number of ether oxygens (including phenoxy) is 10. The summed E-state index contributed by atoms with van der Waals surface area (Å²) in [6.45, 7) is -3.90. The SMILES string of the molecule is OC[C@H]1O[C@@H](O)[C@H](OC[C@H]2O[C@@H]3OC[C@@H]4O[C@@H](O[C@@H]5[C@@H](O)[C@@H](OC[C@H]6O[C@H](O[C@H]([C@H]3O)[C@@H]2O)[C@H](O)[C@@H](O)[C@@H]6O)O[C@H](CO)[C@H]5O)[C@@H](O)[C@H](O)[C@H]4O)[C@@H](O)[C@H]1O. The van der Waals surface area contributed by atoms with Gasteiger partial charge in [-0.05, 0) is 0 Å². The van der Waals surface area contributed by atoms with Crippen molar-refractivity contribution in [2.75, 3.05) is 33.0 Å². The van der Waals surface area contributed by atoms with Crippen LogP contribution >= 0.6 is 0 Å². The summed E-state index contributed by atoms with van der Waals surface area (Å²) < 4.78 is 55.8. The molecular weight excluding hydrogens is 760 g/mol. The Morgan fingerprint density at radius 2 is 0.818 bits per heavy atom. The van der Waals surface area contributed by atoms with Crippen molar-refractivity contribution in [2.45, 2.75) is 154 Å². The van der Waals surface area contributed by atoms with Gasteiger partial charge in [0, 0.05) is 0 Å².